The average Bonchev–Trinajstić information content (AvgIpc) is 2.45. The molecule has 1 atom stereocenters. The number of hydrogen-bond donors (Lipinski definition) is 0. The first-order chi connectivity index (χ1) is 9.61. The van der Waals surface area contributed by atoms with Gasteiger partial charge in [-0.3, -0.25) is 4.79 Å². The average molecular weight is 299 g/mol. The summed E-state index contributed by atoms with van der Waals surface area (Å²) in [7, 11) is 1.57. The van der Waals surface area contributed by atoms with E-state index in [1.165, 1.54) is 24.6 Å². The minimum absolute atomic E-state index is 0.00750. The number of methoxy groups -OCH3 is 1. The molecule has 1 fully saturated rings. The van der Waals surface area contributed by atoms with Gasteiger partial charge in [0.1, 0.15) is 11.9 Å². The zero-order valence-corrected chi connectivity index (χ0v) is 12.5. The maximum atomic E-state index is 13.2. The highest BCUT2D eigenvalue weighted by Crippen LogP contribution is 2.29. The Morgan fingerprint density at radius 3 is 2.75 bits per heavy atom. The topological polar surface area (TPSA) is 26.3 Å². The fourth-order valence-electron chi connectivity index (χ4n) is 2.99. The summed E-state index contributed by atoms with van der Waals surface area (Å²) in [5.74, 6) is -0.0932. The number of rotatable bonds is 5. The lowest BCUT2D eigenvalue weighted by Gasteiger charge is -2.28. The smallest absolute Gasteiger partial charge is 0.166 e. The molecule has 1 saturated carbocycles. The van der Waals surface area contributed by atoms with Crippen molar-refractivity contribution in [3.63, 3.8) is 0 Å². The minimum atomic E-state index is -0.394. The molecule has 0 heterocycles. The molecule has 1 aliphatic rings. The van der Waals surface area contributed by atoms with E-state index in [2.05, 4.69) is 0 Å². The fraction of sp³-hybridized carbons (Fsp3) is 0.562. The van der Waals surface area contributed by atoms with Crippen LogP contribution >= 0.6 is 11.6 Å². The van der Waals surface area contributed by atoms with Gasteiger partial charge in [0.2, 0.25) is 0 Å². The summed E-state index contributed by atoms with van der Waals surface area (Å²) in [5.41, 5.74) is 0.537. The second-order valence-corrected chi connectivity index (χ2v) is 5.84. The standard InChI is InChI=1S/C16H20ClFO2/c1-20-16(11-5-3-2-4-6-11)15(19)10-12-9-13(18)7-8-14(12)17/h7-9,11,16H,2-6,10H2,1H3. The van der Waals surface area contributed by atoms with Gasteiger partial charge < -0.3 is 4.74 Å². The highest BCUT2D eigenvalue weighted by Gasteiger charge is 2.29. The van der Waals surface area contributed by atoms with Crippen molar-refractivity contribution in [2.75, 3.05) is 7.11 Å². The number of carbonyl (C=O) groups is 1. The molecule has 1 aromatic rings. The van der Waals surface area contributed by atoms with E-state index in [0.717, 1.165) is 25.7 Å². The van der Waals surface area contributed by atoms with Crippen molar-refractivity contribution in [2.45, 2.75) is 44.6 Å². The lowest BCUT2D eigenvalue weighted by Crippen LogP contribution is -2.34. The Balaban J connectivity index is 2.06. The Kier molecular flexibility index (Phi) is 5.55. The molecule has 2 nitrogen and oxygen atoms in total. The van der Waals surface area contributed by atoms with E-state index in [-0.39, 0.29) is 23.9 Å². The van der Waals surface area contributed by atoms with Crippen molar-refractivity contribution in [3.8, 4) is 0 Å². The van der Waals surface area contributed by atoms with Gasteiger partial charge in [-0.1, -0.05) is 30.9 Å². The first-order valence-electron chi connectivity index (χ1n) is 7.11. The van der Waals surface area contributed by atoms with Crippen molar-refractivity contribution >= 4 is 17.4 Å². The van der Waals surface area contributed by atoms with Gasteiger partial charge in [-0.25, -0.2) is 4.39 Å². The SMILES string of the molecule is COC(C(=O)Cc1cc(F)ccc1Cl)C1CCCCC1. The van der Waals surface area contributed by atoms with Gasteiger partial charge in [0.25, 0.3) is 0 Å². The molecule has 0 saturated heterocycles. The van der Waals surface area contributed by atoms with Gasteiger partial charge in [0, 0.05) is 18.6 Å². The number of Topliss-reactive ketones (excluding diaryl/α,β-unsaturated/α-hetero) is 1. The monoisotopic (exact) mass is 298 g/mol. The van der Waals surface area contributed by atoms with Crippen LogP contribution in [0.25, 0.3) is 0 Å². The van der Waals surface area contributed by atoms with E-state index < -0.39 is 6.10 Å². The van der Waals surface area contributed by atoms with Gasteiger partial charge >= 0.3 is 0 Å². The lowest BCUT2D eigenvalue weighted by atomic mass is 9.82. The molecule has 0 aromatic heterocycles. The van der Waals surface area contributed by atoms with Gasteiger partial charge in [0.15, 0.2) is 5.78 Å². The second-order valence-electron chi connectivity index (χ2n) is 5.43. The lowest BCUT2D eigenvalue weighted by molar-refractivity contribution is -0.132. The Morgan fingerprint density at radius 2 is 2.10 bits per heavy atom. The maximum absolute atomic E-state index is 13.2. The van der Waals surface area contributed by atoms with E-state index in [4.69, 9.17) is 16.3 Å². The van der Waals surface area contributed by atoms with Crippen molar-refractivity contribution in [2.24, 2.45) is 5.92 Å². The van der Waals surface area contributed by atoms with E-state index in [9.17, 15) is 9.18 Å². The molecule has 1 aliphatic carbocycles. The van der Waals surface area contributed by atoms with Crippen LogP contribution < -0.4 is 0 Å². The Bertz CT molecular complexity index is 470. The van der Waals surface area contributed by atoms with Crippen molar-refractivity contribution in [1.29, 1.82) is 0 Å². The third kappa shape index (κ3) is 3.80. The zero-order valence-electron chi connectivity index (χ0n) is 11.7. The van der Waals surface area contributed by atoms with Crippen LogP contribution in [-0.4, -0.2) is 19.0 Å². The van der Waals surface area contributed by atoms with Crippen LogP contribution in [0.3, 0.4) is 0 Å². The molecule has 1 aromatic carbocycles. The molecular formula is C16H20ClFO2. The molecule has 0 bridgehead atoms. The number of halogens is 2. The molecule has 110 valence electrons. The zero-order chi connectivity index (χ0) is 14.5. The molecule has 0 spiro atoms. The number of carbonyl (C=O) groups excluding carboxylic acids is 1. The predicted molar refractivity (Wildman–Crippen MR) is 77.5 cm³/mol. The van der Waals surface area contributed by atoms with Crippen LogP contribution in [0.5, 0.6) is 0 Å². The van der Waals surface area contributed by atoms with Crippen LogP contribution in [0.4, 0.5) is 4.39 Å². The Labute approximate surface area is 124 Å². The minimum Gasteiger partial charge on any atom is -0.373 e. The second kappa shape index (κ2) is 7.19. The summed E-state index contributed by atoms with van der Waals surface area (Å²) in [6, 6.07) is 4.11. The van der Waals surface area contributed by atoms with Crippen molar-refractivity contribution in [1.82, 2.24) is 0 Å². The van der Waals surface area contributed by atoms with Crippen LogP contribution in [0.2, 0.25) is 5.02 Å². The molecule has 0 aliphatic heterocycles. The third-order valence-corrected chi connectivity index (χ3v) is 4.39. The predicted octanol–water partition coefficient (Wildman–Crippen LogP) is 4.19. The molecule has 2 rings (SSSR count). The van der Waals surface area contributed by atoms with Crippen LogP contribution in [0.15, 0.2) is 18.2 Å². The first kappa shape index (κ1) is 15.5. The summed E-state index contributed by atoms with van der Waals surface area (Å²) in [6.07, 6.45) is 5.33. The molecular weight excluding hydrogens is 279 g/mol. The van der Waals surface area contributed by atoms with Crippen molar-refractivity contribution in [3.05, 3.63) is 34.6 Å². The van der Waals surface area contributed by atoms with Gasteiger partial charge in [-0.05, 0) is 42.5 Å². The van der Waals surface area contributed by atoms with Crippen molar-refractivity contribution < 1.29 is 13.9 Å². The number of ether oxygens (including phenoxy) is 1. The van der Waals surface area contributed by atoms with Gasteiger partial charge in [-0.15, -0.1) is 0 Å². The van der Waals surface area contributed by atoms with E-state index >= 15 is 0 Å². The molecule has 4 heteroatoms. The summed E-state index contributed by atoms with van der Waals surface area (Å²) < 4.78 is 18.6. The van der Waals surface area contributed by atoms with Crippen LogP contribution in [0.1, 0.15) is 37.7 Å². The highest BCUT2D eigenvalue weighted by molar-refractivity contribution is 6.31. The summed E-state index contributed by atoms with van der Waals surface area (Å²) in [5, 5.41) is 0.429. The maximum Gasteiger partial charge on any atom is 0.166 e. The summed E-state index contributed by atoms with van der Waals surface area (Å²) >= 11 is 6.01. The largest absolute Gasteiger partial charge is 0.373 e. The van der Waals surface area contributed by atoms with E-state index in [1.807, 2.05) is 0 Å². The number of ketones is 1. The first-order valence-corrected chi connectivity index (χ1v) is 7.49. The number of benzene rings is 1. The van der Waals surface area contributed by atoms with E-state index in [0.29, 0.717) is 10.6 Å². The third-order valence-electron chi connectivity index (χ3n) is 4.02. The molecule has 1 unspecified atom stereocenters. The fourth-order valence-corrected chi connectivity index (χ4v) is 3.18. The Hall–Kier alpha value is -0.930. The molecule has 0 radical (unpaired) electrons. The summed E-state index contributed by atoms with van der Waals surface area (Å²) in [6.45, 7) is 0. The molecule has 0 N–H and O–H groups in total. The molecule has 0 amide bonds. The van der Waals surface area contributed by atoms with E-state index in [1.54, 1.807) is 7.11 Å². The van der Waals surface area contributed by atoms with Crippen LogP contribution in [-0.2, 0) is 16.0 Å². The Morgan fingerprint density at radius 1 is 1.40 bits per heavy atom. The highest BCUT2D eigenvalue weighted by atomic mass is 35.5. The summed E-state index contributed by atoms with van der Waals surface area (Å²) in [4.78, 5) is 12.4. The van der Waals surface area contributed by atoms with Crippen LogP contribution in [0, 0.1) is 11.7 Å². The van der Waals surface area contributed by atoms with Gasteiger partial charge in [-0.2, -0.15) is 0 Å². The molecule has 20 heavy (non-hydrogen) atoms. The normalized spacial score (nSPS) is 17.9. The quantitative estimate of drug-likeness (QED) is 0.815. The van der Waals surface area contributed by atoms with Gasteiger partial charge in [0.05, 0.1) is 0 Å². The number of hydrogen-bond acceptors (Lipinski definition) is 2.